The van der Waals surface area contributed by atoms with Gasteiger partial charge in [0.2, 0.25) is 0 Å². The third kappa shape index (κ3) is 2.02. The number of nitrogens with two attached hydrogens (primary N) is 1. The molecule has 0 aliphatic rings. The highest BCUT2D eigenvalue weighted by Gasteiger charge is 2.11. The van der Waals surface area contributed by atoms with E-state index >= 15 is 0 Å². The Balaban J connectivity index is 2.64. The average molecular weight is 281 g/mol. The number of halogens is 1. The number of hydrogen-bond donors (Lipinski definition) is 1. The zero-order valence-corrected chi connectivity index (χ0v) is 11.3. The van der Waals surface area contributed by atoms with Crippen LogP contribution < -0.4 is 5.73 Å². The highest BCUT2D eigenvalue weighted by molar-refractivity contribution is 9.10. The first-order valence-corrected chi connectivity index (χ1v) is 6.44. The summed E-state index contributed by atoms with van der Waals surface area (Å²) in [5.74, 6) is 0. The largest absolute Gasteiger partial charge is 0.347 e. The molecule has 1 aromatic heterocycles. The normalized spacial score (nSPS) is 13.2. The van der Waals surface area contributed by atoms with E-state index in [9.17, 15) is 0 Å². The Morgan fingerprint density at radius 1 is 1.44 bits per heavy atom. The van der Waals surface area contributed by atoms with Crippen molar-refractivity contribution in [2.45, 2.75) is 32.9 Å². The molecule has 3 heteroatoms. The molecule has 1 atom stereocenters. The second-order valence-electron chi connectivity index (χ2n) is 4.26. The van der Waals surface area contributed by atoms with E-state index in [1.165, 1.54) is 16.5 Å². The number of nitrogens with zero attached hydrogens (tertiary/aromatic N) is 1. The van der Waals surface area contributed by atoms with Crippen LogP contribution in [0.4, 0.5) is 0 Å². The lowest BCUT2D eigenvalue weighted by atomic mass is 10.1. The van der Waals surface area contributed by atoms with E-state index in [1.54, 1.807) is 0 Å². The van der Waals surface area contributed by atoms with Gasteiger partial charge in [-0.05, 0) is 38.0 Å². The predicted octanol–water partition coefficient (Wildman–Crippen LogP) is 3.31. The standard InChI is InChI=1S/C13H17BrN2/c1-3-16-8-10(7-9(2)15)13-11(14)5-4-6-12(13)16/h4-6,8-9H,3,7,15H2,1-2H3. The Morgan fingerprint density at radius 2 is 2.19 bits per heavy atom. The van der Waals surface area contributed by atoms with Crippen molar-refractivity contribution < 1.29 is 0 Å². The van der Waals surface area contributed by atoms with E-state index in [0.717, 1.165) is 17.4 Å². The fourth-order valence-electron chi connectivity index (χ4n) is 2.16. The quantitative estimate of drug-likeness (QED) is 0.919. The zero-order valence-electron chi connectivity index (χ0n) is 9.70. The van der Waals surface area contributed by atoms with E-state index < -0.39 is 0 Å². The molecule has 1 heterocycles. The Bertz CT molecular complexity index is 500. The van der Waals surface area contributed by atoms with E-state index in [4.69, 9.17) is 5.73 Å². The van der Waals surface area contributed by atoms with Crippen LogP contribution in [0.25, 0.3) is 10.9 Å². The minimum Gasteiger partial charge on any atom is -0.347 e. The van der Waals surface area contributed by atoms with E-state index in [2.05, 4.69) is 51.8 Å². The van der Waals surface area contributed by atoms with Gasteiger partial charge < -0.3 is 10.3 Å². The maximum absolute atomic E-state index is 5.89. The summed E-state index contributed by atoms with van der Waals surface area (Å²) >= 11 is 3.63. The molecule has 86 valence electrons. The van der Waals surface area contributed by atoms with Crippen molar-refractivity contribution in [1.29, 1.82) is 0 Å². The molecule has 0 aliphatic heterocycles. The molecule has 1 unspecified atom stereocenters. The summed E-state index contributed by atoms with van der Waals surface area (Å²) in [6, 6.07) is 6.53. The van der Waals surface area contributed by atoms with Crippen LogP contribution in [0.5, 0.6) is 0 Å². The van der Waals surface area contributed by atoms with Crippen molar-refractivity contribution in [3.05, 3.63) is 34.4 Å². The first kappa shape index (κ1) is 11.7. The monoisotopic (exact) mass is 280 g/mol. The van der Waals surface area contributed by atoms with Crippen molar-refractivity contribution in [2.75, 3.05) is 0 Å². The second kappa shape index (κ2) is 4.60. The summed E-state index contributed by atoms with van der Waals surface area (Å²) in [6.07, 6.45) is 3.14. The van der Waals surface area contributed by atoms with Crippen molar-refractivity contribution >= 4 is 26.8 Å². The van der Waals surface area contributed by atoms with Gasteiger partial charge in [0.1, 0.15) is 0 Å². The summed E-state index contributed by atoms with van der Waals surface area (Å²) < 4.78 is 3.44. The molecule has 2 N–H and O–H groups in total. The highest BCUT2D eigenvalue weighted by atomic mass is 79.9. The fraction of sp³-hybridized carbons (Fsp3) is 0.385. The van der Waals surface area contributed by atoms with Crippen LogP contribution in [0, 0.1) is 0 Å². The van der Waals surface area contributed by atoms with Crippen LogP contribution in [0.15, 0.2) is 28.9 Å². The van der Waals surface area contributed by atoms with Crippen molar-refractivity contribution in [3.63, 3.8) is 0 Å². The highest BCUT2D eigenvalue weighted by Crippen LogP contribution is 2.29. The Kier molecular flexibility index (Phi) is 3.36. The van der Waals surface area contributed by atoms with Crippen molar-refractivity contribution in [2.24, 2.45) is 5.73 Å². The average Bonchev–Trinajstić information content (AvgIpc) is 2.57. The van der Waals surface area contributed by atoms with Gasteiger partial charge in [0.15, 0.2) is 0 Å². The fourth-order valence-corrected chi connectivity index (χ4v) is 2.77. The first-order valence-electron chi connectivity index (χ1n) is 5.65. The minimum absolute atomic E-state index is 0.197. The van der Waals surface area contributed by atoms with Gasteiger partial charge in [-0.3, -0.25) is 0 Å². The lowest BCUT2D eigenvalue weighted by Crippen LogP contribution is -2.17. The van der Waals surface area contributed by atoms with Gasteiger partial charge in [0.05, 0.1) is 0 Å². The molecule has 0 saturated heterocycles. The van der Waals surface area contributed by atoms with Gasteiger partial charge in [-0.1, -0.05) is 22.0 Å². The molecular weight excluding hydrogens is 264 g/mol. The van der Waals surface area contributed by atoms with Crippen LogP contribution in [0.3, 0.4) is 0 Å². The Morgan fingerprint density at radius 3 is 2.81 bits per heavy atom. The lowest BCUT2D eigenvalue weighted by molar-refractivity contribution is 0.731. The molecule has 0 aliphatic carbocycles. The van der Waals surface area contributed by atoms with Gasteiger partial charge in [-0.2, -0.15) is 0 Å². The van der Waals surface area contributed by atoms with Gasteiger partial charge in [0.25, 0.3) is 0 Å². The number of aryl methyl sites for hydroxylation is 1. The number of fused-ring (bicyclic) bond motifs is 1. The van der Waals surface area contributed by atoms with Crippen molar-refractivity contribution in [1.82, 2.24) is 4.57 Å². The third-order valence-corrected chi connectivity index (χ3v) is 3.48. The molecule has 2 rings (SSSR count). The Labute approximate surface area is 105 Å². The summed E-state index contributed by atoms with van der Waals surface area (Å²) in [7, 11) is 0. The molecule has 0 spiro atoms. The predicted molar refractivity (Wildman–Crippen MR) is 72.7 cm³/mol. The minimum atomic E-state index is 0.197. The van der Waals surface area contributed by atoms with Crippen LogP contribution >= 0.6 is 15.9 Å². The van der Waals surface area contributed by atoms with E-state index in [-0.39, 0.29) is 6.04 Å². The first-order chi connectivity index (χ1) is 7.63. The van der Waals surface area contributed by atoms with Crippen molar-refractivity contribution in [3.8, 4) is 0 Å². The number of rotatable bonds is 3. The summed E-state index contributed by atoms with van der Waals surface area (Å²) in [5.41, 5.74) is 8.51. The van der Waals surface area contributed by atoms with Crippen LogP contribution in [0.2, 0.25) is 0 Å². The van der Waals surface area contributed by atoms with Gasteiger partial charge >= 0.3 is 0 Å². The molecule has 0 radical (unpaired) electrons. The van der Waals surface area contributed by atoms with E-state index in [0.29, 0.717) is 0 Å². The topological polar surface area (TPSA) is 30.9 Å². The zero-order chi connectivity index (χ0) is 11.7. The van der Waals surface area contributed by atoms with Gasteiger partial charge in [-0.15, -0.1) is 0 Å². The number of hydrogen-bond acceptors (Lipinski definition) is 1. The molecule has 2 aromatic rings. The second-order valence-corrected chi connectivity index (χ2v) is 5.11. The molecule has 0 fully saturated rings. The van der Waals surface area contributed by atoms with E-state index in [1.807, 2.05) is 6.92 Å². The summed E-state index contributed by atoms with van der Waals surface area (Å²) in [4.78, 5) is 0. The summed E-state index contributed by atoms with van der Waals surface area (Å²) in [5, 5.41) is 1.31. The summed E-state index contributed by atoms with van der Waals surface area (Å²) in [6.45, 7) is 5.20. The molecule has 1 aromatic carbocycles. The lowest BCUT2D eigenvalue weighted by Gasteiger charge is -2.04. The van der Waals surface area contributed by atoms with Gasteiger partial charge in [-0.25, -0.2) is 0 Å². The van der Waals surface area contributed by atoms with Crippen LogP contribution in [0.1, 0.15) is 19.4 Å². The SMILES string of the molecule is CCn1cc(CC(C)N)c2c(Br)cccc21. The molecule has 0 amide bonds. The molecule has 0 bridgehead atoms. The Hall–Kier alpha value is -0.800. The van der Waals surface area contributed by atoms with Crippen LogP contribution in [-0.4, -0.2) is 10.6 Å². The van der Waals surface area contributed by atoms with Crippen LogP contribution in [-0.2, 0) is 13.0 Å². The van der Waals surface area contributed by atoms with Gasteiger partial charge in [0, 0.05) is 34.2 Å². The number of benzene rings is 1. The molecule has 0 saturated carbocycles. The molecular formula is C13H17BrN2. The smallest absolute Gasteiger partial charge is 0.0494 e. The number of aromatic nitrogens is 1. The maximum Gasteiger partial charge on any atom is 0.0494 e. The molecule has 2 nitrogen and oxygen atoms in total. The maximum atomic E-state index is 5.89. The molecule has 16 heavy (non-hydrogen) atoms. The third-order valence-electron chi connectivity index (χ3n) is 2.82.